The van der Waals surface area contributed by atoms with Crippen LogP contribution in [0.5, 0.6) is 5.75 Å². The van der Waals surface area contributed by atoms with Gasteiger partial charge < -0.3 is 99.6 Å². The number of nitrogens with zero attached hydrogens (tertiary/aromatic N) is 3. The number of hydrogen-bond acceptors (Lipinski definition) is 16. The minimum absolute atomic E-state index is 0.0647. The van der Waals surface area contributed by atoms with Crippen molar-refractivity contribution in [1.82, 2.24) is 72.7 Å². The zero-order valence-electron chi connectivity index (χ0n) is 56.8. The van der Waals surface area contributed by atoms with E-state index in [9.17, 15) is 48.6 Å². The average molecular weight is 1400 g/mol. The van der Waals surface area contributed by atoms with E-state index in [0.29, 0.717) is 63.6 Å². The number of carbonyl (C=O) groups excluding carboxylic acids is 10. The number of amides is 10. The van der Waals surface area contributed by atoms with Crippen molar-refractivity contribution in [2.24, 2.45) is 22.4 Å². The molecule has 3 aromatic carbocycles. The monoisotopic (exact) mass is 1400 g/mol. The van der Waals surface area contributed by atoms with Crippen LogP contribution in [0.2, 0.25) is 0 Å². The van der Waals surface area contributed by atoms with Gasteiger partial charge in [-0.05, 0) is 92.3 Å². The van der Waals surface area contributed by atoms with Crippen molar-refractivity contribution in [2.75, 3.05) is 26.2 Å². The molecule has 544 valence electrons. The molecule has 20 N–H and O–H groups in total. The van der Waals surface area contributed by atoms with E-state index in [4.69, 9.17) is 31.3 Å². The number of hydrogen-bond donors (Lipinski definition) is 18. The van der Waals surface area contributed by atoms with Crippen LogP contribution >= 0.6 is 0 Å². The SMILES string of the molecule is CC(=O)O.CC(=O)O.CCNC(=O)C1CCCN1C(=O)C(CCCN=C(N)N)NC(=O)C(CC(C)C)NC(=O)C(Cc1c[nH]c2ccccc12)NC(=O)C(Cc1ccc(O)cc1)NC(=O)C(CO)NC(=O)C(Cc1c[nH]c2ccccc12)NC(=O)C(Cc1cnc[nH]1)NC(=O)C1CCC(=O)N1. The number of phenols is 1. The standard InChI is InChI=1S/C64H83N17O12.2C2H4O2/c1-4-68-62(92)53-16-10-24-81(53)63(93)46(15-9-23-69-64(65)66)74-56(86)47(25-35(2)3)75-58(88)49(27-37-30-70-43-13-7-5-11-41(37)43)77-57(87)48(26-36-17-19-40(83)20-18-36)76-61(91)52(33-82)80-59(89)50(28-38-31-71-44-14-8-6-12-42(38)44)78-60(90)51(29-39-32-67-34-72-39)79-55(85)45-21-22-54(84)73-45;2*1-2(3)4/h5-8,11-14,17-20,30-32,34-35,45-53,70-71,82-83H,4,9-10,15-16,21-29,33H2,1-3H3,(H,67,72)(H,68,92)(H,73,84)(H,74,86)(H,75,88)(H,76,91)(H,77,87)(H,78,90)(H,79,85)(H,80,89)(H4,65,66,69);2*1H3,(H,3,4). The highest BCUT2D eigenvalue weighted by molar-refractivity contribution is 6.00. The fourth-order valence-electron chi connectivity index (χ4n) is 11.5. The third-order valence-corrected chi connectivity index (χ3v) is 16.3. The number of H-pyrrole nitrogens is 3. The Morgan fingerprint density at radius 2 is 1.13 bits per heavy atom. The maximum absolute atomic E-state index is 15.1. The molecule has 5 heterocycles. The fraction of sp³-hybridized carbons (Fsp3) is 0.441. The molecule has 9 atom stereocenters. The van der Waals surface area contributed by atoms with Crippen LogP contribution in [0.1, 0.15) is 102 Å². The summed E-state index contributed by atoms with van der Waals surface area (Å²) in [5.41, 5.74) is 14.6. The maximum atomic E-state index is 15.1. The van der Waals surface area contributed by atoms with Gasteiger partial charge in [0.2, 0.25) is 59.1 Å². The zero-order chi connectivity index (χ0) is 73.9. The quantitative estimate of drug-likeness (QED) is 0.0143. The Bertz CT molecular complexity index is 3850. The molecule has 33 heteroatoms. The van der Waals surface area contributed by atoms with Gasteiger partial charge >= 0.3 is 0 Å². The van der Waals surface area contributed by atoms with Crippen LogP contribution in [0.4, 0.5) is 0 Å². The second-order valence-electron chi connectivity index (χ2n) is 24.7. The molecule has 3 aromatic heterocycles. The van der Waals surface area contributed by atoms with E-state index in [2.05, 4.69) is 72.8 Å². The number of benzene rings is 3. The summed E-state index contributed by atoms with van der Waals surface area (Å²) < 4.78 is 0. The minimum atomic E-state index is -1.78. The van der Waals surface area contributed by atoms with Crippen molar-refractivity contribution in [3.63, 3.8) is 0 Å². The first kappa shape index (κ1) is 78.6. The molecule has 8 rings (SSSR count). The number of likely N-dealkylation sites (tertiary alicyclic amines) is 1. The summed E-state index contributed by atoms with van der Waals surface area (Å²) in [4.78, 5) is 178. The normalized spacial score (nSPS) is 16.0. The van der Waals surface area contributed by atoms with Crippen molar-refractivity contribution < 1.29 is 78.0 Å². The summed E-state index contributed by atoms with van der Waals surface area (Å²) in [5, 5.41) is 61.9. The Morgan fingerprint density at radius 3 is 1.62 bits per heavy atom. The van der Waals surface area contributed by atoms with Crippen molar-refractivity contribution in [1.29, 1.82) is 0 Å². The van der Waals surface area contributed by atoms with Crippen molar-refractivity contribution >= 4 is 98.8 Å². The lowest BCUT2D eigenvalue weighted by molar-refractivity contribution is -0.142. The molecule has 0 aliphatic carbocycles. The second-order valence-corrected chi connectivity index (χ2v) is 24.7. The molecule has 9 unspecified atom stereocenters. The number of aromatic amines is 3. The Labute approximate surface area is 581 Å². The van der Waals surface area contributed by atoms with Crippen molar-refractivity contribution in [2.45, 2.75) is 160 Å². The molecule has 0 bridgehead atoms. The van der Waals surface area contributed by atoms with E-state index in [0.717, 1.165) is 13.8 Å². The summed E-state index contributed by atoms with van der Waals surface area (Å²) in [6.45, 7) is 7.31. The number of imidazole rings is 1. The fourth-order valence-corrected chi connectivity index (χ4v) is 11.5. The molecule has 0 spiro atoms. The van der Waals surface area contributed by atoms with Gasteiger partial charge in [0.15, 0.2) is 5.96 Å². The number of rotatable bonds is 32. The van der Waals surface area contributed by atoms with Crippen LogP contribution in [0.25, 0.3) is 21.8 Å². The number of aliphatic hydroxyl groups is 1. The molecule has 33 nitrogen and oxygen atoms in total. The Morgan fingerprint density at radius 1 is 0.634 bits per heavy atom. The number of carboxylic acid groups (broad SMARTS) is 2. The average Bonchev–Trinajstić information content (AvgIpc) is 1.77. The van der Waals surface area contributed by atoms with E-state index in [1.165, 1.54) is 41.7 Å². The van der Waals surface area contributed by atoms with Crippen molar-refractivity contribution in [3.8, 4) is 5.75 Å². The van der Waals surface area contributed by atoms with Gasteiger partial charge in [-0.25, -0.2) is 4.98 Å². The lowest BCUT2D eigenvalue weighted by atomic mass is 9.99. The summed E-state index contributed by atoms with van der Waals surface area (Å²) >= 11 is 0. The van der Waals surface area contributed by atoms with Gasteiger partial charge in [-0.2, -0.15) is 0 Å². The molecule has 6 aromatic rings. The predicted octanol–water partition coefficient (Wildman–Crippen LogP) is -0.578. The first-order valence-corrected chi connectivity index (χ1v) is 33.0. The molecular formula is C68H91N17O16. The largest absolute Gasteiger partial charge is 0.508 e. The van der Waals surface area contributed by atoms with E-state index >= 15 is 9.59 Å². The highest BCUT2D eigenvalue weighted by Gasteiger charge is 2.40. The summed E-state index contributed by atoms with van der Waals surface area (Å²) in [5.74, 6) is -9.25. The van der Waals surface area contributed by atoms with Gasteiger partial charge in [0.05, 0.1) is 12.9 Å². The predicted molar refractivity (Wildman–Crippen MR) is 369 cm³/mol. The van der Waals surface area contributed by atoms with Crippen LogP contribution in [0.3, 0.4) is 0 Å². The number of nitrogens with two attached hydrogens (primary N) is 2. The maximum Gasteiger partial charge on any atom is 0.300 e. The minimum Gasteiger partial charge on any atom is -0.508 e. The summed E-state index contributed by atoms with van der Waals surface area (Å²) in [7, 11) is 0. The number of nitrogens with one attached hydrogen (secondary N) is 12. The van der Waals surface area contributed by atoms with Gasteiger partial charge in [0.1, 0.15) is 60.1 Å². The van der Waals surface area contributed by atoms with Gasteiger partial charge in [-0.15, -0.1) is 0 Å². The van der Waals surface area contributed by atoms with E-state index in [-0.39, 0.29) is 100 Å². The topological polar surface area (TPSA) is 522 Å². The molecule has 0 saturated carbocycles. The molecule has 101 heavy (non-hydrogen) atoms. The third kappa shape index (κ3) is 24.5. The lowest BCUT2D eigenvalue weighted by Crippen LogP contribution is -2.61. The first-order chi connectivity index (χ1) is 48.1. The molecule has 10 amide bonds. The van der Waals surface area contributed by atoms with Crippen LogP contribution in [0.15, 0.2) is 103 Å². The highest BCUT2D eigenvalue weighted by Crippen LogP contribution is 2.24. The van der Waals surface area contributed by atoms with E-state index in [1.807, 2.05) is 38.1 Å². The zero-order valence-corrected chi connectivity index (χ0v) is 56.8. The number of guanidine groups is 1. The van der Waals surface area contributed by atoms with Gasteiger partial charge in [0.25, 0.3) is 11.9 Å². The Kier molecular flexibility index (Phi) is 30.1. The number of aromatic hydroxyl groups is 1. The number of aliphatic imine (C=N–C) groups is 1. The van der Waals surface area contributed by atoms with Crippen LogP contribution in [-0.2, 0) is 83.2 Å². The van der Waals surface area contributed by atoms with Gasteiger partial charge in [0, 0.05) is 112 Å². The van der Waals surface area contributed by atoms with Gasteiger partial charge in [-0.3, -0.25) is 62.5 Å². The molecule has 2 aliphatic rings. The number of carbonyl (C=O) groups is 12. The Balaban J connectivity index is 0.00000190. The smallest absolute Gasteiger partial charge is 0.300 e. The van der Waals surface area contributed by atoms with Gasteiger partial charge in [-0.1, -0.05) is 62.4 Å². The number of aliphatic carboxylic acids is 2. The molecule has 2 fully saturated rings. The second kappa shape index (κ2) is 38.7. The summed E-state index contributed by atoms with van der Waals surface area (Å²) in [6, 6.07) is 8.42. The van der Waals surface area contributed by atoms with Crippen molar-refractivity contribution in [3.05, 3.63) is 120 Å². The summed E-state index contributed by atoms with van der Waals surface area (Å²) in [6.07, 6.45) is 7.10. The third-order valence-electron chi connectivity index (χ3n) is 16.3. The number of para-hydroxylation sites is 2. The highest BCUT2D eigenvalue weighted by atomic mass is 16.4. The Hall–Kier alpha value is -11.4. The first-order valence-electron chi connectivity index (χ1n) is 33.0. The number of aliphatic hydroxyl groups excluding tert-OH is 1. The molecular weight excluding hydrogens is 1310 g/mol. The number of phenolic OH excluding ortho intramolecular Hbond substituents is 1. The number of aromatic nitrogens is 4. The van der Waals surface area contributed by atoms with E-state index in [1.54, 1.807) is 43.6 Å². The van der Waals surface area contributed by atoms with Crippen LogP contribution in [-0.4, -0.2) is 203 Å². The lowest BCUT2D eigenvalue weighted by Gasteiger charge is -2.30. The van der Waals surface area contributed by atoms with Crippen LogP contribution in [0, 0.1) is 5.92 Å². The number of carboxylic acids is 2. The molecule has 2 aliphatic heterocycles. The van der Waals surface area contributed by atoms with Crippen LogP contribution < -0.4 is 59.3 Å². The molecule has 2 saturated heterocycles. The van der Waals surface area contributed by atoms with E-state index < -0.39 is 120 Å². The number of likely N-dealkylation sites (N-methyl/N-ethyl adjacent to an activating group) is 1. The molecule has 0 radical (unpaired) electrons. The number of fused-ring (bicyclic) bond motifs is 2.